The fourth-order valence-electron chi connectivity index (χ4n) is 7.26. The van der Waals surface area contributed by atoms with Crippen molar-refractivity contribution < 1.29 is 44.5 Å². The summed E-state index contributed by atoms with van der Waals surface area (Å²) in [6, 6.07) is 15.8. The van der Waals surface area contributed by atoms with Crippen LogP contribution in [0.1, 0.15) is 31.0 Å². The normalized spacial score (nSPS) is 29.1. The van der Waals surface area contributed by atoms with Crippen molar-refractivity contribution in [3.63, 3.8) is 0 Å². The summed E-state index contributed by atoms with van der Waals surface area (Å²) in [4.78, 5) is 12.9. The van der Waals surface area contributed by atoms with E-state index in [1.54, 1.807) is 13.2 Å². The van der Waals surface area contributed by atoms with E-state index in [1.807, 2.05) is 41.2 Å². The first-order valence-corrected chi connectivity index (χ1v) is 19.6. The molecule has 1 amide bonds. The van der Waals surface area contributed by atoms with Crippen LogP contribution in [0.3, 0.4) is 0 Å². The molecular weight excluding hydrogens is 636 g/mol. The number of nitrogens with one attached hydrogen (secondary N) is 1. The molecule has 0 saturated carbocycles. The largest absolute Gasteiger partial charge is 0.497 e. The van der Waals surface area contributed by atoms with Gasteiger partial charge in [0.05, 0.1) is 33.1 Å². The molecule has 9 atom stereocenters. The van der Waals surface area contributed by atoms with Crippen molar-refractivity contribution >= 4 is 24.9 Å². The van der Waals surface area contributed by atoms with Gasteiger partial charge in [-0.2, -0.15) is 0 Å². The second-order valence-corrected chi connectivity index (χ2v) is 18.1. The summed E-state index contributed by atoms with van der Waals surface area (Å²) in [7, 11) is -0.388. The predicted molar refractivity (Wildman–Crippen MR) is 179 cm³/mol. The molecule has 3 heterocycles. The maximum Gasteiger partial charge on any atom is 0.256 e. The van der Waals surface area contributed by atoms with Crippen LogP contribution in [-0.4, -0.2) is 111 Å². The van der Waals surface area contributed by atoms with Crippen molar-refractivity contribution in [2.45, 2.75) is 101 Å². The number of rotatable bonds is 13. The molecule has 3 aromatic rings. The standard InChI is InChI=1S/C34H48N4O9Si/c1-20-26(13-8-21-6-5-7-22(18-21)35-33(43)31-29(41)28(40)30(42)34(44)47-31)46-27(14-16-38-19-23(15-17-39)36-37-38)32(20)48(3,4)25-11-9-24(45-2)10-12-25/h5-7,9-12,18-20,26-32,34,39-42,44H,8,13-17H2,1-4H3,(H,35,43)/t20-,26+,27-,28+,29+,30-,31+,32+,34-/m1/s1. The second kappa shape index (κ2) is 15.6. The molecule has 13 nitrogen and oxygen atoms in total. The lowest BCUT2D eigenvalue weighted by atomic mass is 9.95. The molecule has 0 radical (unpaired) electrons. The van der Waals surface area contributed by atoms with Gasteiger partial charge in [0.1, 0.15) is 24.1 Å². The zero-order valence-corrected chi connectivity index (χ0v) is 28.8. The summed E-state index contributed by atoms with van der Waals surface area (Å²) < 4.78 is 19.2. The number of nitrogens with zero attached hydrogens (tertiary/aromatic N) is 3. The van der Waals surface area contributed by atoms with Crippen molar-refractivity contribution in [3.8, 4) is 5.75 Å². The fourth-order valence-corrected chi connectivity index (χ4v) is 11.4. The van der Waals surface area contributed by atoms with E-state index >= 15 is 0 Å². The van der Waals surface area contributed by atoms with Crippen LogP contribution in [0.5, 0.6) is 5.75 Å². The van der Waals surface area contributed by atoms with Crippen LogP contribution in [0.15, 0.2) is 54.7 Å². The van der Waals surface area contributed by atoms with Gasteiger partial charge in [0.25, 0.3) is 5.91 Å². The lowest BCUT2D eigenvalue weighted by Gasteiger charge is -2.37. The van der Waals surface area contributed by atoms with Gasteiger partial charge in [-0.3, -0.25) is 9.48 Å². The Hall–Kier alpha value is -3.21. The van der Waals surface area contributed by atoms with Gasteiger partial charge in [0, 0.05) is 31.5 Å². The van der Waals surface area contributed by atoms with E-state index in [-0.39, 0.29) is 24.7 Å². The van der Waals surface area contributed by atoms with E-state index in [1.165, 1.54) is 5.19 Å². The Bertz CT molecular complexity index is 1510. The van der Waals surface area contributed by atoms with Crippen LogP contribution in [-0.2, 0) is 33.7 Å². The van der Waals surface area contributed by atoms with E-state index in [0.29, 0.717) is 30.6 Å². The molecular formula is C34H48N4O9Si. The first kappa shape index (κ1) is 36.1. The number of hydrogen-bond acceptors (Lipinski definition) is 11. The Balaban J connectivity index is 1.27. The Kier molecular flexibility index (Phi) is 11.7. The average Bonchev–Trinajstić information content (AvgIpc) is 3.66. The Morgan fingerprint density at radius 1 is 0.979 bits per heavy atom. The molecule has 6 N–H and O–H groups in total. The lowest BCUT2D eigenvalue weighted by molar-refractivity contribution is -0.274. The molecule has 2 aliphatic heterocycles. The molecule has 262 valence electrons. The van der Waals surface area contributed by atoms with E-state index in [4.69, 9.17) is 14.2 Å². The monoisotopic (exact) mass is 684 g/mol. The number of benzene rings is 2. The second-order valence-electron chi connectivity index (χ2n) is 13.4. The SMILES string of the molecule is COc1ccc([Si](C)(C)[C@H]2[C@H](C)[C@H](CCc3cccc(NC(=O)[C@H]4O[C@@H](O)[C@H](O)[C@@H](O)[C@@H]4O)c3)O[C@@H]2CCn2cc(CCO)nn2)cc1. The fraction of sp³-hybridized carbons (Fsp3) is 0.559. The minimum Gasteiger partial charge on any atom is -0.497 e. The number of methoxy groups -OCH3 is 1. The summed E-state index contributed by atoms with van der Waals surface area (Å²) in [5.41, 5.74) is 2.54. The molecule has 5 rings (SSSR count). The number of carbonyl (C=O) groups is 1. The van der Waals surface area contributed by atoms with Crippen LogP contribution < -0.4 is 15.2 Å². The predicted octanol–water partition coefficient (Wildman–Crippen LogP) is 0.972. The number of aliphatic hydroxyl groups excluding tert-OH is 5. The number of aliphatic hydroxyl groups is 5. The van der Waals surface area contributed by atoms with Gasteiger partial charge in [0.2, 0.25) is 0 Å². The number of anilines is 1. The van der Waals surface area contributed by atoms with E-state index in [9.17, 15) is 30.3 Å². The summed E-state index contributed by atoms with van der Waals surface area (Å²) in [6.45, 7) is 7.78. The quantitative estimate of drug-likeness (QED) is 0.141. The highest BCUT2D eigenvalue weighted by molar-refractivity contribution is 6.91. The summed E-state index contributed by atoms with van der Waals surface area (Å²) in [5.74, 6) is 0.360. The molecule has 2 aromatic carbocycles. The summed E-state index contributed by atoms with van der Waals surface area (Å²) in [6.07, 6.45) is -3.90. The van der Waals surface area contributed by atoms with E-state index in [0.717, 1.165) is 29.8 Å². The molecule has 0 unspecified atom stereocenters. The molecule has 0 bridgehead atoms. The molecule has 2 aliphatic rings. The van der Waals surface area contributed by atoms with Crippen molar-refractivity contribution in [2.24, 2.45) is 5.92 Å². The van der Waals surface area contributed by atoms with Crippen LogP contribution in [0.2, 0.25) is 18.6 Å². The Morgan fingerprint density at radius 3 is 2.44 bits per heavy atom. The first-order chi connectivity index (χ1) is 22.9. The first-order valence-electron chi connectivity index (χ1n) is 16.5. The van der Waals surface area contributed by atoms with Crippen molar-refractivity contribution in [1.29, 1.82) is 0 Å². The lowest BCUT2D eigenvalue weighted by Crippen LogP contribution is -2.60. The van der Waals surface area contributed by atoms with Crippen LogP contribution >= 0.6 is 0 Å². The smallest absolute Gasteiger partial charge is 0.256 e. The van der Waals surface area contributed by atoms with Gasteiger partial charge < -0.3 is 45.1 Å². The molecule has 1 aromatic heterocycles. The molecule has 0 aliphatic carbocycles. The maximum atomic E-state index is 12.9. The topological polar surface area (TPSA) is 189 Å². The molecule has 0 spiro atoms. The van der Waals surface area contributed by atoms with Gasteiger partial charge in [-0.05, 0) is 60.6 Å². The van der Waals surface area contributed by atoms with Crippen LogP contribution in [0, 0.1) is 5.92 Å². The number of ether oxygens (including phenoxy) is 3. The minimum absolute atomic E-state index is 0.00385. The highest BCUT2D eigenvalue weighted by atomic mass is 28.3. The summed E-state index contributed by atoms with van der Waals surface area (Å²) >= 11 is 0. The van der Waals surface area contributed by atoms with Crippen LogP contribution in [0.4, 0.5) is 5.69 Å². The third kappa shape index (κ3) is 7.98. The number of hydrogen-bond donors (Lipinski definition) is 6. The van der Waals surface area contributed by atoms with Crippen LogP contribution in [0.25, 0.3) is 0 Å². The minimum atomic E-state index is -2.06. The van der Waals surface area contributed by atoms with Crippen molar-refractivity contribution in [2.75, 3.05) is 19.0 Å². The highest BCUT2D eigenvalue weighted by Gasteiger charge is 2.50. The van der Waals surface area contributed by atoms with Gasteiger partial charge >= 0.3 is 0 Å². The zero-order valence-electron chi connectivity index (χ0n) is 27.8. The highest BCUT2D eigenvalue weighted by Crippen LogP contribution is 2.46. The Morgan fingerprint density at radius 2 is 1.73 bits per heavy atom. The third-order valence-electron chi connectivity index (χ3n) is 9.93. The van der Waals surface area contributed by atoms with Gasteiger partial charge in [0.15, 0.2) is 12.4 Å². The van der Waals surface area contributed by atoms with Gasteiger partial charge in [-0.15, -0.1) is 5.10 Å². The maximum absolute atomic E-state index is 12.9. The summed E-state index contributed by atoms with van der Waals surface area (Å²) in [5, 5.41) is 61.5. The zero-order chi connectivity index (χ0) is 34.6. The molecule has 2 fully saturated rings. The Labute approximate surface area is 281 Å². The number of aryl methyl sites for hydroxylation is 2. The number of aromatic nitrogens is 3. The molecule has 14 heteroatoms. The van der Waals surface area contributed by atoms with Crippen molar-refractivity contribution in [1.82, 2.24) is 15.0 Å². The number of amides is 1. The third-order valence-corrected chi connectivity index (χ3v) is 14.3. The van der Waals surface area contributed by atoms with E-state index < -0.39 is 44.7 Å². The van der Waals surface area contributed by atoms with Gasteiger partial charge in [-0.1, -0.05) is 54.7 Å². The number of carbonyl (C=O) groups excluding carboxylic acids is 1. The van der Waals surface area contributed by atoms with Crippen molar-refractivity contribution in [3.05, 3.63) is 66.0 Å². The molecule has 2 saturated heterocycles. The van der Waals surface area contributed by atoms with E-state index in [2.05, 4.69) is 47.8 Å². The van der Waals surface area contributed by atoms with Gasteiger partial charge in [-0.25, -0.2) is 0 Å². The molecule has 48 heavy (non-hydrogen) atoms. The average molecular weight is 685 g/mol.